The standard InChI is InChI=1S/C30H56N4O9/c1-3-26(35)31-16-19-41-20-18-33-29(38)24-43-23-22-42-21-17-32-27(36)15-14-25(2)34-28(37)12-10-8-6-4-5-7-9-11-13-30(39)40/h25H,3-24H2,1-2H3,(H,31,35)(H,32,36)(H,33,38)(H,34,37)(H,39,40)/t25-/m0/s1. The van der Waals surface area contributed by atoms with Gasteiger partial charge in [-0.1, -0.05) is 45.4 Å². The van der Waals surface area contributed by atoms with Gasteiger partial charge in [0.25, 0.3) is 0 Å². The van der Waals surface area contributed by atoms with Crippen molar-refractivity contribution in [3.05, 3.63) is 0 Å². The summed E-state index contributed by atoms with van der Waals surface area (Å²) in [7, 11) is 0. The third kappa shape index (κ3) is 30.5. The number of amides is 4. The van der Waals surface area contributed by atoms with E-state index in [1.807, 2.05) is 6.92 Å². The van der Waals surface area contributed by atoms with Gasteiger partial charge in [-0.15, -0.1) is 0 Å². The molecule has 43 heavy (non-hydrogen) atoms. The molecule has 0 aromatic rings. The zero-order valence-corrected chi connectivity index (χ0v) is 26.3. The summed E-state index contributed by atoms with van der Waals surface area (Å²) < 4.78 is 16.0. The maximum absolute atomic E-state index is 12.1. The van der Waals surface area contributed by atoms with Gasteiger partial charge in [-0.3, -0.25) is 24.0 Å². The van der Waals surface area contributed by atoms with Gasteiger partial charge < -0.3 is 40.6 Å². The Morgan fingerprint density at radius 2 is 1.07 bits per heavy atom. The highest BCUT2D eigenvalue weighted by Crippen LogP contribution is 2.11. The topological polar surface area (TPSA) is 181 Å². The predicted octanol–water partition coefficient (Wildman–Crippen LogP) is 2.07. The van der Waals surface area contributed by atoms with Crippen molar-refractivity contribution in [1.82, 2.24) is 21.3 Å². The molecule has 0 saturated carbocycles. The van der Waals surface area contributed by atoms with E-state index in [9.17, 15) is 24.0 Å². The molecule has 0 aliphatic carbocycles. The second-order valence-electron chi connectivity index (χ2n) is 10.4. The maximum atomic E-state index is 12.1. The monoisotopic (exact) mass is 616 g/mol. The summed E-state index contributed by atoms with van der Waals surface area (Å²) in [5, 5.41) is 19.7. The highest BCUT2D eigenvalue weighted by atomic mass is 16.5. The molecule has 0 spiro atoms. The van der Waals surface area contributed by atoms with Crippen molar-refractivity contribution in [3.8, 4) is 0 Å². The summed E-state index contributed by atoms with van der Waals surface area (Å²) in [5.41, 5.74) is 0. The van der Waals surface area contributed by atoms with Crippen molar-refractivity contribution in [3.63, 3.8) is 0 Å². The van der Waals surface area contributed by atoms with Gasteiger partial charge in [0.15, 0.2) is 0 Å². The molecule has 0 aliphatic heterocycles. The van der Waals surface area contributed by atoms with Gasteiger partial charge in [-0.2, -0.15) is 0 Å². The summed E-state index contributed by atoms with van der Waals surface area (Å²) in [6.45, 7) is 6.36. The maximum Gasteiger partial charge on any atom is 0.303 e. The normalized spacial score (nSPS) is 11.5. The molecule has 0 heterocycles. The SMILES string of the molecule is CCC(=O)NCCOCCNC(=O)COCCOCCNC(=O)CC[C@H](C)NC(=O)CCCCCCCCCCC(=O)O. The Labute approximate surface area is 256 Å². The van der Waals surface area contributed by atoms with Gasteiger partial charge in [0.2, 0.25) is 23.6 Å². The van der Waals surface area contributed by atoms with E-state index < -0.39 is 5.97 Å². The fourth-order valence-corrected chi connectivity index (χ4v) is 3.93. The lowest BCUT2D eigenvalue weighted by molar-refractivity contribution is -0.137. The van der Waals surface area contributed by atoms with Crippen LogP contribution in [0.5, 0.6) is 0 Å². The predicted molar refractivity (Wildman–Crippen MR) is 162 cm³/mol. The number of rotatable bonds is 30. The first kappa shape index (κ1) is 40.2. The number of unbranched alkanes of at least 4 members (excludes halogenated alkanes) is 7. The van der Waals surface area contributed by atoms with E-state index in [-0.39, 0.29) is 49.3 Å². The van der Waals surface area contributed by atoms with E-state index in [4.69, 9.17) is 19.3 Å². The molecule has 0 bridgehead atoms. The molecule has 0 saturated heterocycles. The van der Waals surface area contributed by atoms with Crippen molar-refractivity contribution in [2.45, 2.75) is 103 Å². The van der Waals surface area contributed by atoms with Crippen LogP contribution in [0.2, 0.25) is 0 Å². The average Bonchev–Trinajstić information content (AvgIpc) is 2.97. The Morgan fingerprint density at radius 1 is 0.581 bits per heavy atom. The Kier molecular flexibility index (Phi) is 27.4. The van der Waals surface area contributed by atoms with Crippen molar-refractivity contribution in [2.75, 3.05) is 59.3 Å². The molecule has 0 aliphatic rings. The van der Waals surface area contributed by atoms with Gasteiger partial charge in [-0.25, -0.2) is 0 Å². The highest BCUT2D eigenvalue weighted by molar-refractivity contribution is 5.77. The molecule has 13 heteroatoms. The number of hydrogen-bond acceptors (Lipinski definition) is 8. The van der Waals surface area contributed by atoms with Crippen molar-refractivity contribution >= 4 is 29.6 Å². The van der Waals surface area contributed by atoms with Gasteiger partial charge >= 0.3 is 5.97 Å². The van der Waals surface area contributed by atoms with Crippen LogP contribution in [-0.4, -0.2) is 100 Å². The van der Waals surface area contributed by atoms with Crippen molar-refractivity contribution < 1.29 is 43.3 Å². The average molecular weight is 617 g/mol. The molecule has 0 radical (unpaired) electrons. The Morgan fingerprint density at radius 3 is 1.65 bits per heavy atom. The van der Waals surface area contributed by atoms with Crippen LogP contribution in [0, 0.1) is 0 Å². The van der Waals surface area contributed by atoms with E-state index >= 15 is 0 Å². The van der Waals surface area contributed by atoms with Crippen LogP contribution in [0.15, 0.2) is 0 Å². The van der Waals surface area contributed by atoms with Crippen molar-refractivity contribution in [1.29, 1.82) is 0 Å². The zero-order chi connectivity index (χ0) is 32.0. The number of carboxylic acid groups (broad SMARTS) is 1. The summed E-state index contributed by atoms with van der Waals surface area (Å²) >= 11 is 0. The minimum atomic E-state index is -0.731. The zero-order valence-electron chi connectivity index (χ0n) is 26.3. The van der Waals surface area contributed by atoms with E-state index in [2.05, 4.69) is 21.3 Å². The van der Waals surface area contributed by atoms with Crippen LogP contribution in [0.4, 0.5) is 0 Å². The fraction of sp³-hybridized carbons (Fsp3) is 0.833. The molecule has 0 aromatic heterocycles. The van der Waals surface area contributed by atoms with Gasteiger partial charge in [0, 0.05) is 51.4 Å². The molecule has 250 valence electrons. The number of hydrogen-bond donors (Lipinski definition) is 5. The quantitative estimate of drug-likeness (QED) is 0.0755. The molecular weight excluding hydrogens is 560 g/mol. The lowest BCUT2D eigenvalue weighted by Crippen LogP contribution is -2.34. The third-order valence-electron chi connectivity index (χ3n) is 6.39. The Bertz CT molecular complexity index is 768. The van der Waals surface area contributed by atoms with Crippen LogP contribution in [0.1, 0.15) is 97.3 Å². The van der Waals surface area contributed by atoms with Crippen LogP contribution in [-0.2, 0) is 38.2 Å². The molecular formula is C30H56N4O9. The van der Waals surface area contributed by atoms with E-state index in [1.54, 1.807) is 6.92 Å². The number of nitrogens with one attached hydrogen (secondary N) is 4. The summed E-state index contributed by atoms with van der Waals surface area (Å²) in [6, 6.07) is -0.0815. The first-order chi connectivity index (χ1) is 20.7. The summed E-state index contributed by atoms with van der Waals surface area (Å²) in [4.78, 5) is 57.4. The second kappa shape index (κ2) is 29.3. The Hall–Kier alpha value is -2.77. The molecule has 1 atom stereocenters. The number of aliphatic carboxylic acids is 1. The summed E-state index contributed by atoms with van der Waals surface area (Å²) in [6.07, 6.45) is 9.94. The highest BCUT2D eigenvalue weighted by Gasteiger charge is 2.10. The smallest absolute Gasteiger partial charge is 0.303 e. The van der Waals surface area contributed by atoms with Crippen LogP contribution < -0.4 is 21.3 Å². The van der Waals surface area contributed by atoms with E-state index in [1.165, 1.54) is 0 Å². The lowest BCUT2D eigenvalue weighted by atomic mass is 10.1. The summed E-state index contributed by atoms with van der Waals surface area (Å²) in [5.74, 6) is -1.10. The van der Waals surface area contributed by atoms with Gasteiger partial charge in [0.1, 0.15) is 6.61 Å². The lowest BCUT2D eigenvalue weighted by Gasteiger charge is -2.14. The van der Waals surface area contributed by atoms with Gasteiger partial charge in [0.05, 0.1) is 33.0 Å². The fourth-order valence-electron chi connectivity index (χ4n) is 3.93. The number of carbonyl (C=O) groups is 5. The third-order valence-corrected chi connectivity index (χ3v) is 6.39. The second-order valence-corrected chi connectivity index (χ2v) is 10.4. The molecule has 0 aromatic carbocycles. The van der Waals surface area contributed by atoms with E-state index in [0.717, 1.165) is 51.4 Å². The van der Waals surface area contributed by atoms with Crippen LogP contribution in [0.3, 0.4) is 0 Å². The molecule has 13 nitrogen and oxygen atoms in total. The minimum Gasteiger partial charge on any atom is -0.481 e. The van der Waals surface area contributed by atoms with Crippen LogP contribution >= 0.6 is 0 Å². The molecule has 0 fully saturated rings. The number of ether oxygens (including phenoxy) is 3. The number of carbonyl (C=O) groups excluding carboxylic acids is 4. The first-order valence-corrected chi connectivity index (χ1v) is 15.8. The van der Waals surface area contributed by atoms with Gasteiger partial charge in [-0.05, 0) is 26.2 Å². The minimum absolute atomic E-state index is 0.00860. The largest absolute Gasteiger partial charge is 0.481 e. The number of carboxylic acids is 1. The molecule has 5 N–H and O–H groups in total. The van der Waals surface area contributed by atoms with Crippen LogP contribution in [0.25, 0.3) is 0 Å². The molecule has 0 rings (SSSR count). The Balaban J connectivity index is 3.50. The first-order valence-electron chi connectivity index (χ1n) is 15.8. The van der Waals surface area contributed by atoms with E-state index in [0.29, 0.717) is 71.7 Å². The van der Waals surface area contributed by atoms with Crippen molar-refractivity contribution in [2.24, 2.45) is 0 Å². The molecule has 4 amide bonds. The molecule has 0 unspecified atom stereocenters.